The van der Waals surface area contributed by atoms with Gasteiger partial charge in [-0.1, -0.05) is 13.8 Å². The smallest absolute Gasteiger partial charge is 0.255 e. The van der Waals surface area contributed by atoms with Crippen molar-refractivity contribution in [3.8, 4) is 11.5 Å². The molecule has 3 rings (SSSR count). The highest BCUT2D eigenvalue weighted by Gasteiger charge is 2.15. The maximum atomic E-state index is 12.2. The minimum Gasteiger partial charge on any atom is -0.486 e. The number of carbonyl (C=O) groups is 1. The van der Waals surface area contributed by atoms with Gasteiger partial charge in [-0.05, 0) is 18.1 Å². The van der Waals surface area contributed by atoms with Crippen LogP contribution in [0.1, 0.15) is 25.5 Å². The number of nitrogens with zero attached hydrogens (tertiary/aromatic N) is 2. The third-order valence-electron chi connectivity index (χ3n) is 3.78. The molecule has 0 radical (unpaired) electrons. The van der Waals surface area contributed by atoms with Crippen LogP contribution in [0, 0.1) is 0 Å². The highest BCUT2D eigenvalue weighted by atomic mass is 16.6. The third kappa shape index (κ3) is 3.73. The van der Waals surface area contributed by atoms with E-state index in [0.29, 0.717) is 36.1 Å². The molecule has 25 heavy (non-hydrogen) atoms. The number of carbonyl (C=O) groups excluding carboxylic acids is 1. The highest BCUT2D eigenvalue weighted by Crippen LogP contribution is 2.32. The number of benzene rings is 1. The van der Waals surface area contributed by atoms with Gasteiger partial charge < -0.3 is 20.5 Å². The van der Waals surface area contributed by atoms with Gasteiger partial charge in [-0.2, -0.15) is 0 Å². The van der Waals surface area contributed by atoms with Gasteiger partial charge in [0, 0.05) is 17.8 Å². The van der Waals surface area contributed by atoms with Crippen molar-refractivity contribution in [2.45, 2.75) is 26.3 Å². The molecule has 8 heteroatoms. The number of fused-ring (bicyclic) bond motifs is 1. The molecule has 0 saturated heterocycles. The summed E-state index contributed by atoms with van der Waals surface area (Å²) in [6.45, 7) is 4.58. The lowest BCUT2D eigenvalue weighted by molar-refractivity contribution is -0.116. The van der Waals surface area contributed by atoms with Gasteiger partial charge in [-0.25, -0.2) is 4.98 Å². The summed E-state index contributed by atoms with van der Waals surface area (Å²) in [4.78, 5) is 28.6. The first-order valence-corrected chi connectivity index (χ1v) is 8.01. The molecule has 0 bridgehead atoms. The SMILES string of the molecule is CC(C)c1cc(=O)n(CC(=O)Nc2ccc3c(c2)OCCO3)c(N)n1. The van der Waals surface area contributed by atoms with Gasteiger partial charge in [0.25, 0.3) is 5.56 Å². The van der Waals surface area contributed by atoms with Crippen molar-refractivity contribution in [2.75, 3.05) is 24.3 Å². The fourth-order valence-corrected chi connectivity index (χ4v) is 2.46. The van der Waals surface area contributed by atoms with E-state index in [9.17, 15) is 9.59 Å². The highest BCUT2D eigenvalue weighted by molar-refractivity contribution is 5.91. The zero-order valence-electron chi connectivity index (χ0n) is 14.1. The molecule has 2 heterocycles. The fourth-order valence-electron chi connectivity index (χ4n) is 2.46. The largest absolute Gasteiger partial charge is 0.486 e. The number of ether oxygens (including phenoxy) is 2. The van der Waals surface area contributed by atoms with E-state index in [4.69, 9.17) is 15.2 Å². The minimum absolute atomic E-state index is 0.0218. The van der Waals surface area contributed by atoms with Crippen molar-refractivity contribution in [3.63, 3.8) is 0 Å². The number of aromatic nitrogens is 2. The van der Waals surface area contributed by atoms with E-state index in [1.54, 1.807) is 18.2 Å². The van der Waals surface area contributed by atoms with Crippen LogP contribution < -0.4 is 26.1 Å². The Kier molecular flexibility index (Phi) is 4.60. The summed E-state index contributed by atoms with van der Waals surface area (Å²) in [5, 5.41) is 2.71. The van der Waals surface area contributed by atoms with Crippen LogP contribution >= 0.6 is 0 Å². The Bertz CT molecular complexity index is 860. The van der Waals surface area contributed by atoms with E-state index in [-0.39, 0.29) is 29.9 Å². The number of nitrogens with one attached hydrogen (secondary N) is 1. The molecule has 1 aliphatic heterocycles. The molecule has 1 aromatic carbocycles. The van der Waals surface area contributed by atoms with Gasteiger partial charge in [0.05, 0.1) is 5.69 Å². The summed E-state index contributed by atoms with van der Waals surface area (Å²) in [6, 6.07) is 6.51. The van der Waals surface area contributed by atoms with Gasteiger partial charge in [0.15, 0.2) is 11.5 Å². The number of nitrogen functional groups attached to an aromatic ring is 1. The van der Waals surface area contributed by atoms with E-state index < -0.39 is 0 Å². The molecular weight excluding hydrogens is 324 g/mol. The lowest BCUT2D eigenvalue weighted by atomic mass is 10.1. The monoisotopic (exact) mass is 344 g/mol. The van der Waals surface area contributed by atoms with Crippen molar-refractivity contribution in [1.29, 1.82) is 0 Å². The van der Waals surface area contributed by atoms with Gasteiger partial charge >= 0.3 is 0 Å². The van der Waals surface area contributed by atoms with Gasteiger partial charge in [0.1, 0.15) is 19.8 Å². The zero-order valence-corrected chi connectivity index (χ0v) is 14.1. The number of rotatable bonds is 4. The van der Waals surface area contributed by atoms with Crippen LogP contribution in [0.25, 0.3) is 0 Å². The van der Waals surface area contributed by atoms with Crippen molar-refractivity contribution < 1.29 is 14.3 Å². The van der Waals surface area contributed by atoms with Crippen LogP contribution in [0.3, 0.4) is 0 Å². The van der Waals surface area contributed by atoms with E-state index in [0.717, 1.165) is 4.57 Å². The second-order valence-corrected chi connectivity index (χ2v) is 6.02. The van der Waals surface area contributed by atoms with Crippen LogP contribution in [-0.2, 0) is 11.3 Å². The topological polar surface area (TPSA) is 108 Å². The van der Waals surface area contributed by atoms with E-state index in [2.05, 4.69) is 10.3 Å². The average molecular weight is 344 g/mol. The van der Waals surface area contributed by atoms with E-state index in [1.807, 2.05) is 13.8 Å². The predicted octanol–water partition coefficient (Wildman–Crippen LogP) is 1.36. The van der Waals surface area contributed by atoms with Crippen molar-refractivity contribution in [3.05, 3.63) is 40.3 Å². The molecule has 1 aromatic heterocycles. The second-order valence-electron chi connectivity index (χ2n) is 6.02. The Balaban J connectivity index is 1.74. The Hall–Kier alpha value is -3.03. The number of anilines is 2. The lowest BCUT2D eigenvalue weighted by Crippen LogP contribution is -2.30. The first-order chi connectivity index (χ1) is 11.9. The standard InChI is InChI=1S/C17H20N4O4/c1-10(2)12-8-16(23)21(17(18)20-12)9-15(22)19-11-3-4-13-14(7-11)25-6-5-24-13/h3-4,7-8,10H,5-6,9H2,1-2H3,(H2,18,20)(H,19,22). The number of nitrogens with two attached hydrogens (primary N) is 1. The average Bonchev–Trinajstić information content (AvgIpc) is 2.57. The second kappa shape index (κ2) is 6.84. The summed E-state index contributed by atoms with van der Waals surface area (Å²) in [5.41, 5.74) is 6.63. The molecule has 0 spiro atoms. The summed E-state index contributed by atoms with van der Waals surface area (Å²) >= 11 is 0. The number of hydrogen-bond acceptors (Lipinski definition) is 6. The van der Waals surface area contributed by atoms with E-state index >= 15 is 0 Å². The summed E-state index contributed by atoms with van der Waals surface area (Å²) in [6.07, 6.45) is 0. The minimum atomic E-state index is -0.385. The van der Waals surface area contributed by atoms with Crippen molar-refractivity contribution in [1.82, 2.24) is 9.55 Å². The molecule has 0 saturated carbocycles. The lowest BCUT2D eigenvalue weighted by Gasteiger charge is -2.19. The van der Waals surface area contributed by atoms with Gasteiger partial charge in [-0.15, -0.1) is 0 Å². The van der Waals surface area contributed by atoms with E-state index in [1.165, 1.54) is 6.07 Å². The summed E-state index contributed by atoms with van der Waals surface area (Å²) < 4.78 is 12.0. The molecule has 0 atom stereocenters. The Morgan fingerprint density at radius 1 is 1.28 bits per heavy atom. The van der Waals surface area contributed by atoms with Crippen LogP contribution in [-0.4, -0.2) is 28.7 Å². The molecule has 132 valence electrons. The number of hydrogen-bond donors (Lipinski definition) is 2. The molecular formula is C17H20N4O4. The predicted molar refractivity (Wildman–Crippen MR) is 93.1 cm³/mol. The fraction of sp³-hybridized carbons (Fsp3) is 0.353. The van der Waals surface area contributed by atoms with Crippen molar-refractivity contribution in [2.24, 2.45) is 0 Å². The zero-order chi connectivity index (χ0) is 18.0. The quantitative estimate of drug-likeness (QED) is 0.867. The molecule has 0 unspecified atom stereocenters. The molecule has 2 aromatic rings. The first-order valence-electron chi connectivity index (χ1n) is 8.01. The first kappa shape index (κ1) is 16.8. The molecule has 1 aliphatic rings. The van der Waals surface area contributed by atoms with Crippen molar-refractivity contribution >= 4 is 17.5 Å². The molecule has 3 N–H and O–H groups in total. The Labute approximate surface area is 144 Å². The van der Waals surface area contributed by atoms with Crippen LogP contribution in [0.2, 0.25) is 0 Å². The maximum Gasteiger partial charge on any atom is 0.255 e. The van der Waals surface area contributed by atoms with Gasteiger partial charge in [-0.3, -0.25) is 14.2 Å². The summed E-state index contributed by atoms with van der Waals surface area (Å²) in [5.74, 6) is 0.927. The van der Waals surface area contributed by atoms with Crippen LogP contribution in [0.15, 0.2) is 29.1 Å². The molecule has 0 fully saturated rings. The summed E-state index contributed by atoms with van der Waals surface area (Å²) in [7, 11) is 0. The Morgan fingerprint density at radius 3 is 2.68 bits per heavy atom. The van der Waals surface area contributed by atoms with Crippen LogP contribution in [0.5, 0.6) is 11.5 Å². The molecule has 1 amide bonds. The Morgan fingerprint density at radius 2 is 2.00 bits per heavy atom. The van der Waals surface area contributed by atoms with Gasteiger partial charge in [0.2, 0.25) is 11.9 Å². The molecule has 8 nitrogen and oxygen atoms in total. The number of amides is 1. The maximum absolute atomic E-state index is 12.2. The third-order valence-corrected chi connectivity index (χ3v) is 3.78. The normalized spacial score (nSPS) is 12.9. The molecule has 0 aliphatic carbocycles. The van der Waals surface area contributed by atoms with Crippen LogP contribution in [0.4, 0.5) is 11.6 Å².